The highest BCUT2D eigenvalue weighted by Gasteiger charge is 2.21. The number of ether oxygens (including phenoxy) is 2. The van der Waals surface area contributed by atoms with Crippen LogP contribution in [0.2, 0.25) is 5.02 Å². The number of rotatable bonds is 9. The lowest BCUT2D eigenvalue weighted by molar-refractivity contribution is -0.147. The molecule has 0 radical (unpaired) electrons. The first-order valence-electron chi connectivity index (χ1n) is 9.99. The molecule has 0 bridgehead atoms. The van der Waals surface area contributed by atoms with Gasteiger partial charge in [-0.2, -0.15) is 0 Å². The van der Waals surface area contributed by atoms with Crippen molar-refractivity contribution in [3.05, 3.63) is 89.4 Å². The molecule has 0 aromatic heterocycles. The summed E-state index contributed by atoms with van der Waals surface area (Å²) in [7, 11) is 0. The van der Waals surface area contributed by atoms with Crippen LogP contribution in [0.4, 0.5) is 10.5 Å². The first-order valence-corrected chi connectivity index (χ1v) is 10.4. The Bertz CT molecular complexity index is 1110. The van der Waals surface area contributed by atoms with Crippen LogP contribution in [0.25, 0.3) is 0 Å². The van der Waals surface area contributed by atoms with Crippen LogP contribution in [0, 0.1) is 0 Å². The maximum absolute atomic E-state index is 12.2. The molecule has 0 saturated heterocycles. The smallest absolute Gasteiger partial charge is 0.312 e. The molecule has 3 aromatic rings. The van der Waals surface area contributed by atoms with Crippen LogP contribution in [-0.4, -0.2) is 24.5 Å². The molecule has 0 aliphatic heterocycles. The molecule has 0 spiro atoms. The fourth-order valence-electron chi connectivity index (χ4n) is 2.97. The SMILES string of the molecule is NC(=O)NC(CC(=O)OCC(=O)Nc1ccc(Oc2ccccc2)cc1)c1ccccc1Cl. The van der Waals surface area contributed by atoms with Crippen LogP contribution in [-0.2, 0) is 14.3 Å². The molecular formula is C24H22ClN3O5. The van der Waals surface area contributed by atoms with Crippen LogP contribution in [0.1, 0.15) is 18.0 Å². The average molecular weight is 468 g/mol. The van der Waals surface area contributed by atoms with E-state index < -0.39 is 30.6 Å². The molecule has 0 fully saturated rings. The highest BCUT2D eigenvalue weighted by atomic mass is 35.5. The Balaban J connectivity index is 1.49. The summed E-state index contributed by atoms with van der Waals surface area (Å²) in [5.74, 6) is 0.0907. The van der Waals surface area contributed by atoms with Crippen molar-refractivity contribution < 1.29 is 23.9 Å². The van der Waals surface area contributed by atoms with Crippen LogP contribution in [0.15, 0.2) is 78.9 Å². The Labute approximate surface area is 195 Å². The minimum Gasteiger partial charge on any atom is -0.457 e. The van der Waals surface area contributed by atoms with Crippen LogP contribution < -0.4 is 21.1 Å². The summed E-state index contributed by atoms with van der Waals surface area (Å²) in [4.78, 5) is 35.7. The summed E-state index contributed by atoms with van der Waals surface area (Å²) >= 11 is 6.14. The number of carbonyl (C=O) groups is 3. The summed E-state index contributed by atoms with van der Waals surface area (Å²) in [6.07, 6.45) is -0.245. The standard InChI is InChI=1S/C24H22ClN3O5/c25-20-9-5-4-8-19(20)21(28-24(26)31)14-23(30)32-15-22(29)27-16-10-12-18(13-11-16)33-17-6-2-1-3-7-17/h1-13,21H,14-15H2,(H,27,29)(H3,26,28,31). The second-order valence-electron chi connectivity index (χ2n) is 6.94. The average Bonchev–Trinajstić information content (AvgIpc) is 2.79. The van der Waals surface area contributed by atoms with Gasteiger partial charge in [0, 0.05) is 10.7 Å². The number of halogens is 1. The van der Waals surface area contributed by atoms with E-state index in [0.717, 1.165) is 0 Å². The Hall–Kier alpha value is -4.04. The van der Waals surface area contributed by atoms with Gasteiger partial charge in [0.1, 0.15) is 11.5 Å². The van der Waals surface area contributed by atoms with E-state index in [2.05, 4.69) is 10.6 Å². The lowest BCUT2D eigenvalue weighted by Gasteiger charge is -2.18. The second-order valence-corrected chi connectivity index (χ2v) is 7.34. The van der Waals surface area contributed by atoms with E-state index >= 15 is 0 Å². The fourth-order valence-corrected chi connectivity index (χ4v) is 3.24. The van der Waals surface area contributed by atoms with Gasteiger partial charge in [0.05, 0.1) is 12.5 Å². The fraction of sp³-hybridized carbons (Fsp3) is 0.125. The first kappa shape index (κ1) is 23.6. The summed E-state index contributed by atoms with van der Waals surface area (Å²) in [6.45, 7) is -0.493. The molecular weight excluding hydrogens is 446 g/mol. The van der Waals surface area contributed by atoms with Gasteiger partial charge in [-0.3, -0.25) is 9.59 Å². The highest BCUT2D eigenvalue weighted by Crippen LogP contribution is 2.25. The highest BCUT2D eigenvalue weighted by molar-refractivity contribution is 6.31. The van der Waals surface area contributed by atoms with Crippen LogP contribution in [0.5, 0.6) is 11.5 Å². The predicted octanol–water partition coefficient (Wildman–Crippen LogP) is 4.41. The van der Waals surface area contributed by atoms with Gasteiger partial charge >= 0.3 is 12.0 Å². The number of urea groups is 1. The lowest BCUT2D eigenvalue weighted by Crippen LogP contribution is -2.35. The number of carbonyl (C=O) groups excluding carboxylic acids is 3. The topological polar surface area (TPSA) is 120 Å². The zero-order valence-electron chi connectivity index (χ0n) is 17.5. The van der Waals surface area contributed by atoms with Crippen molar-refractivity contribution in [3.63, 3.8) is 0 Å². The Morgan fingerprint density at radius 3 is 2.18 bits per heavy atom. The van der Waals surface area contributed by atoms with E-state index in [1.54, 1.807) is 48.5 Å². The van der Waals surface area contributed by atoms with Crippen molar-refractivity contribution >= 4 is 35.2 Å². The molecule has 33 heavy (non-hydrogen) atoms. The predicted molar refractivity (Wildman–Crippen MR) is 124 cm³/mol. The molecule has 1 unspecified atom stereocenters. The van der Waals surface area contributed by atoms with E-state index in [4.69, 9.17) is 26.8 Å². The molecule has 8 nitrogen and oxygen atoms in total. The number of nitrogens with one attached hydrogen (secondary N) is 2. The Morgan fingerprint density at radius 2 is 1.52 bits per heavy atom. The molecule has 0 aliphatic rings. The number of esters is 1. The number of primary amides is 1. The van der Waals surface area contributed by atoms with Crippen LogP contribution in [0.3, 0.4) is 0 Å². The maximum atomic E-state index is 12.2. The zero-order valence-corrected chi connectivity index (χ0v) is 18.2. The van der Waals surface area contributed by atoms with Crippen molar-refractivity contribution in [2.75, 3.05) is 11.9 Å². The third-order valence-electron chi connectivity index (χ3n) is 4.45. The van der Waals surface area contributed by atoms with Crippen LogP contribution >= 0.6 is 11.6 Å². The minimum atomic E-state index is -0.815. The zero-order chi connectivity index (χ0) is 23.6. The van der Waals surface area contributed by atoms with Gasteiger partial charge in [0.25, 0.3) is 5.91 Å². The second kappa shape index (κ2) is 11.5. The quantitative estimate of drug-likeness (QED) is 0.402. The van der Waals surface area contributed by atoms with Crippen molar-refractivity contribution in [1.82, 2.24) is 5.32 Å². The van der Waals surface area contributed by atoms with Crippen molar-refractivity contribution in [3.8, 4) is 11.5 Å². The Kier molecular flexibility index (Phi) is 8.26. The van der Waals surface area contributed by atoms with E-state index in [1.165, 1.54) is 0 Å². The number of para-hydroxylation sites is 1. The summed E-state index contributed by atoms with van der Waals surface area (Å²) in [6, 6.07) is 21.2. The van der Waals surface area contributed by atoms with E-state index in [1.807, 2.05) is 30.3 Å². The number of hydrogen-bond donors (Lipinski definition) is 3. The minimum absolute atomic E-state index is 0.245. The normalized spacial score (nSPS) is 11.2. The van der Waals surface area contributed by atoms with Gasteiger partial charge in [-0.05, 0) is 48.0 Å². The molecule has 3 aromatic carbocycles. The van der Waals surface area contributed by atoms with E-state index in [-0.39, 0.29) is 6.42 Å². The van der Waals surface area contributed by atoms with Crippen molar-refractivity contribution in [2.24, 2.45) is 5.73 Å². The molecule has 9 heteroatoms. The molecule has 170 valence electrons. The number of amides is 3. The molecule has 0 saturated carbocycles. The summed E-state index contributed by atoms with van der Waals surface area (Å²) in [5.41, 5.74) is 6.23. The molecule has 0 aliphatic carbocycles. The van der Waals surface area contributed by atoms with Gasteiger partial charge in [-0.15, -0.1) is 0 Å². The maximum Gasteiger partial charge on any atom is 0.312 e. The Morgan fingerprint density at radius 1 is 0.879 bits per heavy atom. The monoisotopic (exact) mass is 467 g/mol. The van der Waals surface area contributed by atoms with E-state index in [0.29, 0.717) is 27.8 Å². The van der Waals surface area contributed by atoms with Gasteiger partial charge in [-0.25, -0.2) is 4.79 Å². The molecule has 3 amide bonds. The number of hydrogen-bond acceptors (Lipinski definition) is 5. The summed E-state index contributed by atoms with van der Waals surface area (Å²) < 4.78 is 10.7. The molecule has 0 heterocycles. The summed E-state index contributed by atoms with van der Waals surface area (Å²) in [5, 5.41) is 5.45. The number of anilines is 1. The number of benzene rings is 3. The number of nitrogens with two attached hydrogens (primary N) is 1. The molecule has 4 N–H and O–H groups in total. The largest absolute Gasteiger partial charge is 0.457 e. The van der Waals surface area contributed by atoms with Gasteiger partial charge in [0.15, 0.2) is 6.61 Å². The first-order chi connectivity index (χ1) is 15.9. The lowest BCUT2D eigenvalue weighted by atomic mass is 10.0. The van der Waals surface area contributed by atoms with Crippen molar-refractivity contribution in [2.45, 2.75) is 12.5 Å². The third-order valence-corrected chi connectivity index (χ3v) is 4.79. The van der Waals surface area contributed by atoms with Gasteiger partial charge in [0.2, 0.25) is 0 Å². The molecule has 1 atom stereocenters. The molecule has 3 rings (SSSR count). The van der Waals surface area contributed by atoms with Crippen molar-refractivity contribution in [1.29, 1.82) is 0 Å². The van der Waals surface area contributed by atoms with Gasteiger partial charge < -0.3 is 25.8 Å². The van der Waals surface area contributed by atoms with E-state index in [9.17, 15) is 14.4 Å². The third kappa shape index (κ3) is 7.55. The van der Waals surface area contributed by atoms with Gasteiger partial charge in [-0.1, -0.05) is 48.0 Å².